The molecule has 16 heavy (non-hydrogen) atoms. The Morgan fingerprint density at radius 3 is 2.31 bits per heavy atom. The van der Waals surface area contributed by atoms with E-state index in [1.54, 1.807) is 24.3 Å². The van der Waals surface area contributed by atoms with Crippen LogP contribution >= 0.6 is 0 Å². The second-order valence-electron chi connectivity index (χ2n) is 3.16. The molecule has 5 nitrogen and oxygen atoms in total. The minimum absolute atomic E-state index is 0.222. The van der Waals surface area contributed by atoms with Crippen molar-refractivity contribution in [2.24, 2.45) is 0 Å². The zero-order valence-electron chi connectivity index (χ0n) is 8.80. The number of hydrogen-bond acceptors (Lipinski definition) is 4. The van der Waals surface area contributed by atoms with Crippen LogP contribution in [0.1, 0.15) is 11.1 Å². The van der Waals surface area contributed by atoms with Gasteiger partial charge < -0.3 is 4.74 Å². The number of hydrogen-bond donors (Lipinski definition) is 2. The van der Waals surface area contributed by atoms with Crippen LogP contribution in [0.3, 0.4) is 0 Å². The molecule has 0 unspecified atom stereocenters. The van der Waals surface area contributed by atoms with Gasteiger partial charge in [0.2, 0.25) is 10.9 Å². The van der Waals surface area contributed by atoms with E-state index in [0.717, 1.165) is 11.1 Å². The molecule has 0 atom stereocenters. The molecule has 1 rings (SSSR count). The highest BCUT2D eigenvalue weighted by Crippen LogP contribution is 2.05. The maximum atomic E-state index is 11.0. The molecule has 0 heterocycles. The molecule has 0 saturated heterocycles. The second kappa shape index (κ2) is 6.24. The Morgan fingerprint density at radius 2 is 1.81 bits per heavy atom. The predicted octanol–water partition coefficient (Wildman–Crippen LogP) is 0.0181. The van der Waals surface area contributed by atoms with Gasteiger partial charge in [0.05, 0.1) is 13.5 Å². The van der Waals surface area contributed by atoms with Crippen LogP contribution in [0.15, 0.2) is 24.3 Å². The highest BCUT2D eigenvalue weighted by atomic mass is 32.2. The lowest BCUT2D eigenvalue weighted by atomic mass is 10.1. The predicted molar refractivity (Wildman–Crippen MR) is 59.3 cm³/mol. The molecule has 0 aromatic heterocycles. The molecule has 0 fully saturated rings. The maximum Gasteiger partial charge on any atom is 0.309 e. The number of thiol groups is 1. The molecule has 0 aliphatic heterocycles. The summed E-state index contributed by atoms with van der Waals surface area (Å²) < 4.78 is 27.4. The van der Waals surface area contributed by atoms with Gasteiger partial charge in [0.1, 0.15) is 0 Å². The summed E-state index contributed by atoms with van der Waals surface area (Å²) in [5.74, 6) is -0.298. The second-order valence-corrected chi connectivity index (χ2v) is 3.99. The van der Waals surface area contributed by atoms with Crippen LogP contribution in [0.25, 0.3) is 0 Å². The lowest BCUT2D eigenvalue weighted by Crippen LogP contribution is -2.10. The quantitative estimate of drug-likeness (QED) is 0.565. The molecule has 0 aliphatic carbocycles. The van der Waals surface area contributed by atoms with Crippen LogP contribution in [-0.4, -0.2) is 21.5 Å². The van der Waals surface area contributed by atoms with Gasteiger partial charge in [0, 0.05) is 6.54 Å². The van der Waals surface area contributed by atoms with Crippen molar-refractivity contribution in [3.63, 3.8) is 0 Å². The first-order valence-corrected chi connectivity index (χ1v) is 5.82. The van der Waals surface area contributed by atoms with E-state index < -0.39 is 10.9 Å². The van der Waals surface area contributed by atoms with E-state index in [9.17, 15) is 13.2 Å². The molecule has 0 radical (unpaired) electrons. The van der Waals surface area contributed by atoms with E-state index in [0.29, 0.717) is 0 Å². The van der Waals surface area contributed by atoms with Crippen molar-refractivity contribution in [3.05, 3.63) is 35.4 Å². The van der Waals surface area contributed by atoms with E-state index in [1.807, 2.05) is 0 Å². The molecule has 6 heteroatoms. The van der Waals surface area contributed by atoms with Gasteiger partial charge in [0.15, 0.2) is 0 Å². The van der Waals surface area contributed by atoms with Gasteiger partial charge in [0.25, 0.3) is 0 Å². The highest BCUT2D eigenvalue weighted by Gasteiger charge is 2.02. The number of benzene rings is 1. The zero-order valence-corrected chi connectivity index (χ0v) is 9.70. The van der Waals surface area contributed by atoms with E-state index in [4.69, 9.17) is 0 Å². The first-order chi connectivity index (χ1) is 7.61. The molecule has 88 valence electrons. The van der Waals surface area contributed by atoms with E-state index in [-0.39, 0.29) is 18.9 Å². The molecule has 1 N–H and O–H groups in total. The lowest BCUT2D eigenvalue weighted by molar-refractivity contribution is -0.139. The smallest absolute Gasteiger partial charge is 0.309 e. The third-order valence-corrected chi connectivity index (χ3v) is 2.43. The Kier molecular flexibility index (Phi) is 4.94. The molecular formula is C10H13NO4S. The topological polar surface area (TPSA) is 72.5 Å². The summed E-state index contributed by atoms with van der Waals surface area (Å²) in [6.45, 7) is 0.261. The molecule has 0 bridgehead atoms. The van der Waals surface area contributed by atoms with Gasteiger partial charge in [-0.1, -0.05) is 24.3 Å². The summed E-state index contributed by atoms with van der Waals surface area (Å²) in [5.41, 5.74) is 1.68. The SMILES string of the molecule is COC(=O)Cc1ccc(CN[SH](=O)=O)cc1. The monoisotopic (exact) mass is 243 g/mol. The Balaban J connectivity index is 2.57. The minimum Gasteiger partial charge on any atom is -0.469 e. The summed E-state index contributed by atoms with van der Waals surface area (Å²) in [7, 11) is -1.23. The van der Waals surface area contributed by atoms with Crippen molar-refractivity contribution in [3.8, 4) is 0 Å². The van der Waals surface area contributed by atoms with Crippen LogP contribution in [0.2, 0.25) is 0 Å². The van der Waals surface area contributed by atoms with E-state index in [2.05, 4.69) is 9.46 Å². The fourth-order valence-electron chi connectivity index (χ4n) is 1.17. The molecule has 0 saturated carbocycles. The summed E-state index contributed by atoms with van der Waals surface area (Å²) in [4.78, 5) is 11.0. The van der Waals surface area contributed by atoms with Crippen molar-refractivity contribution in [2.75, 3.05) is 7.11 Å². The first kappa shape index (κ1) is 12.7. The maximum absolute atomic E-state index is 11.0. The van der Waals surface area contributed by atoms with Gasteiger partial charge in [-0.15, -0.1) is 0 Å². The fourth-order valence-corrected chi connectivity index (χ4v) is 1.48. The van der Waals surface area contributed by atoms with Crippen LogP contribution < -0.4 is 4.72 Å². The average molecular weight is 243 g/mol. The van der Waals surface area contributed by atoms with Crippen LogP contribution in [0.4, 0.5) is 0 Å². The highest BCUT2D eigenvalue weighted by molar-refractivity contribution is 7.70. The lowest BCUT2D eigenvalue weighted by Gasteiger charge is -2.02. The number of ether oxygens (including phenoxy) is 1. The van der Waals surface area contributed by atoms with Crippen molar-refractivity contribution < 1.29 is 17.9 Å². The first-order valence-electron chi connectivity index (χ1n) is 4.64. The third kappa shape index (κ3) is 4.41. The van der Waals surface area contributed by atoms with Crippen molar-refractivity contribution in [1.82, 2.24) is 4.72 Å². The molecule has 0 amide bonds. The average Bonchev–Trinajstić information content (AvgIpc) is 2.28. The summed E-state index contributed by atoms with van der Waals surface area (Å²) >= 11 is 0. The van der Waals surface area contributed by atoms with E-state index >= 15 is 0 Å². The van der Waals surface area contributed by atoms with Crippen molar-refractivity contribution in [1.29, 1.82) is 0 Å². The number of esters is 1. The van der Waals surface area contributed by atoms with Gasteiger partial charge in [-0.25, -0.2) is 13.1 Å². The van der Waals surface area contributed by atoms with Gasteiger partial charge in [-0.05, 0) is 11.1 Å². The van der Waals surface area contributed by atoms with Gasteiger partial charge >= 0.3 is 5.97 Å². The summed E-state index contributed by atoms with van der Waals surface area (Å²) in [6.07, 6.45) is 0.222. The molecule has 0 aliphatic rings. The number of nitrogens with one attached hydrogen (secondary N) is 1. The number of methoxy groups -OCH3 is 1. The van der Waals surface area contributed by atoms with Crippen molar-refractivity contribution >= 4 is 16.9 Å². The number of rotatable bonds is 5. The Bertz CT molecular complexity index is 417. The standard InChI is InChI=1S/C10H13NO4S/c1-15-10(12)6-8-2-4-9(5-3-8)7-11-16(13)14/h2-5,16H,6-7H2,1H3,(H,11,13,14). The Labute approximate surface area is 95.5 Å². The van der Waals surface area contributed by atoms with Gasteiger partial charge in [-0.2, -0.15) is 0 Å². The normalized spacial score (nSPS) is 10.4. The fraction of sp³-hybridized carbons (Fsp3) is 0.300. The largest absolute Gasteiger partial charge is 0.469 e. The van der Waals surface area contributed by atoms with Crippen molar-refractivity contribution in [2.45, 2.75) is 13.0 Å². The number of carbonyl (C=O) groups excluding carboxylic acids is 1. The summed E-state index contributed by atoms with van der Waals surface area (Å²) in [5, 5.41) is 0. The molecule has 1 aromatic carbocycles. The third-order valence-electron chi connectivity index (χ3n) is 2.01. The number of carbonyl (C=O) groups is 1. The molecule has 1 aromatic rings. The van der Waals surface area contributed by atoms with E-state index in [1.165, 1.54) is 7.11 Å². The Morgan fingerprint density at radius 1 is 1.25 bits per heavy atom. The van der Waals surface area contributed by atoms with Crippen LogP contribution in [0.5, 0.6) is 0 Å². The van der Waals surface area contributed by atoms with Crippen LogP contribution in [-0.2, 0) is 33.4 Å². The zero-order chi connectivity index (χ0) is 12.0. The van der Waals surface area contributed by atoms with Gasteiger partial charge in [-0.3, -0.25) is 4.79 Å². The molecular weight excluding hydrogens is 230 g/mol. The van der Waals surface area contributed by atoms with Crippen LogP contribution in [0, 0.1) is 0 Å². The Hall–Kier alpha value is -1.40. The minimum atomic E-state index is -2.57. The summed E-state index contributed by atoms with van der Waals surface area (Å²) in [6, 6.07) is 7.08. The molecule has 0 spiro atoms.